The molecule has 0 saturated carbocycles. The Morgan fingerprint density at radius 2 is 2.04 bits per heavy atom. The van der Waals surface area contributed by atoms with Gasteiger partial charge in [-0.15, -0.1) is 0 Å². The number of piperidine rings is 1. The number of aromatic amines is 1. The van der Waals surface area contributed by atoms with Gasteiger partial charge >= 0.3 is 0 Å². The van der Waals surface area contributed by atoms with Gasteiger partial charge in [-0.05, 0) is 37.7 Å². The van der Waals surface area contributed by atoms with Crippen LogP contribution in [0.3, 0.4) is 0 Å². The number of nitrogens with zero attached hydrogens (tertiary/aromatic N) is 2. The van der Waals surface area contributed by atoms with Crippen molar-refractivity contribution < 1.29 is 14.3 Å². The Morgan fingerprint density at radius 1 is 1.22 bits per heavy atom. The van der Waals surface area contributed by atoms with Crippen molar-refractivity contribution in [3.8, 4) is 0 Å². The van der Waals surface area contributed by atoms with E-state index in [-0.39, 0.29) is 17.9 Å². The Kier molecular flexibility index (Phi) is 5.38. The van der Waals surface area contributed by atoms with Gasteiger partial charge in [-0.1, -0.05) is 18.2 Å². The molecule has 2 fully saturated rings. The van der Waals surface area contributed by atoms with E-state index in [0.29, 0.717) is 25.5 Å². The van der Waals surface area contributed by atoms with Crippen LogP contribution >= 0.6 is 0 Å². The number of hydrogen-bond donors (Lipinski definition) is 2. The molecule has 4 rings (SSSR count). The summed E-state index contributed by atoms with van der Waals surface area (Å²) in [6.45, 7) is 2.84. The van der Waals surface area contributed by atoms with Crippen LogP contribution in [0.25, 0.3) is 10.9 Å². The van der Waals surface area contributed by atoms with Crippen molar-refractivity contribution >= 4 is 22.7 Å². The quantitative estimate of drug-likeness (QED) is 0.838. The maximum Gasteiger partial charge on any atom is 0.249 e. The Balaban J connectivity index is 1.24. The van der Waals surface area contributed by atoms with E-state index in [1.165, 1.54) is 0 Å². The number of amides is 2. The molecule has 7 heteroatoms. The van der Waals surface area contributed by atoms with Gasteiger partial charge < -0.3 is 15.0 Å². The molecule has 1 atom stereocenters. The normalized spacial score (nSPS) is 20.9. The van der Waals surface area contributed by atoms with Gasteiger partial charge in [-0.3, -0.25) is 14.7 Å². The van der Waals surface area contributed by atoms with Gasteiger partial charge in [0.05, 0.1) is 17.6 Å². The molecule has 2 aromatic rings. The highest BCUT2D eigenvalue weighted by Gasteiger charge is 2.26. The van der Waals surface area contributed by atoms with Crippen LogP contribution in [0.5, 0.6) is 0 Å². The zero-order valence-corrected chi connectivity index (χ0v) is 15.4. The smallest absolute Gasteiger partial charge is 0.249 e. The predicted molar refractivity (Wildman–Crippen MR) is 101 cm³/mol. The first kappa shape index (κ1) is 18.0. The standard InChI is InChI=1S/C20H26N4O3/c25-19(12-17-15-4-1-2-5-16(15)22-23-17)24-9-7-14(8-10-24)13-21-20(26)18-6-3-11-27-18/h1-2,4-5,14,18H,3,6-13H2,(H,21,26)(H,22,23)/t18-/m1/s1. The zero-order valence-electron chi connectivity index (χ0n) is 15.4. The van der Waals surface area contributed by atoms with Crippen molar-refractivity contribution in [1.29, 1.82) is 0 Å². The van der Waals surface area contributed by atoms with E-state index in [1.807, 2.05) is 29.2 Å². The van der Waals surface area contributed by atoms with Gasteiger partial charge in [0.1, 0.15) is 6.10 Å². The fourth-order valence-corrected chi connectivity index (χ4v) is 3.94. The van der Waals surface area contributed by atoms with Crippen molar-refractivity contribution in [3.05, 3.63) is 30.0 Å². The van der Waals surface area contributed by atoms with Crippen LogP contribution in [-0.2, 0) is 20.7 Å². The van der Waals surface area contributed by atoms with Crippen LogP contribution in [0.15, 0.2) is 24.3 Å². The second-order valence-electron chi connectivity index (χ2n) is 7.47. The summed E-state index contributed by atoms with van der Waals surface area (Å²) in [7, 11) is 0. The fourth-order valence-electron chi connectivity index (χ4n) is 3.94. The molecular formula is C20H26N4O3. The minimum atomic E-state index is -0.268. The lowest BCUT2D eigenvalue weighted by Gasteiger charge is -2.32. The Hall–Kier alpha value is -2.41. The van der Waals surface area contributed by atoms with E-state index in [4.69, 9.17) is 4.74 Å². The van der Waals surface area contributed by atoms with Crippen LogP contribution in [0.2, 0.25) is 0 Å². The molecular weight excluding hydrogens is 344 g/mol. The van der Waals surface area contributed by atoms with Crippen molar-refractivity contribution in [1.82, 2.24) is 20.4 Å². The topological polar surface area (TPSA) is 87.3 Å². The third kappa shape index (κ3) is 4.13. The van der Waals surface area contributed by atoms with Gasteiger partial charge in [0.2, 0.25) is 11.8 Å². The summed E-state index contributed by atoms with van der Waals surface area (Å²) in [6.07, 6.45) is 3.70. The average Bonchev–Trinajstić information content (AvgIpc) is 3.37. The van der Waals surface area contributed by atoms with E-state index < -0.39 is 0 Å². The minimum absolute atomic E-state index is 0.0112. The van der Waals surface area contributed by atoms with Gasteiger partial charge in [0, 0.05) is 31.6 Å². The van der Waals surface area contributed by atoms with E-state index in [9.17, 15) is 9.59 Å². The van der Waals surface area contributed by atoms with E-state index in [1.54, 1.807) is 0 Å². The van der Waals surface area contributed by atoms with Gasteiger partial charge in [-0.25, -0.2) is 0 Å². The third-order valence-corrected chi connectivity index (χ3v) is 5.62. The first-order valence-corrected chi connectivity index (χ1v) is 9.80. The Labute approximate surface area is 158 Å². The van der Waals surface area contributed by atoms with E-state index in [0.717, 1.165) is 55.4 Å². The molecule has 0 bridgehead atoms. The first-order valence-electron chi connectivity index (χ1n) is 9.80. The Morgan fingerprint density at radius 3 is 2.81 bits per heavy atom. The number of hydrogen-bond acceptors (Lipinski definition) is 4. The number of fused-ring (bicyclic) bond motifs is 1. The molecule has 1 aromatic heterocycles. The molecule has 7 nitrogen and oxygen atoms in total. The molecule has 0 spiro atoms. The number of carbonyl (C=O) groups is 2. The lowest BCUT2D eigenvalue weighted by atomic mass is 9.96. The van der Waals surface area contributed by atoms with E-state index >= 15 is 0 Å². The highest BCUT2D eigenvalue weighted by atomic mass is 16.5. The minimum Gasteiger partial charge on any atom is -0.368 e. The number of aromatic nitrogens is 2. The first-order chi connectivity index (χ1) is 13.2. The molecule has 1 aromatic carbocycles. The summed E-state index contributed by atoms with van der Waals surface area (Å²) in [4.78, 5) is 26.6. The highest BCUT2D eigenvalue weighted by molar-refractivity contribution is 5.87. The van der Waals surface area contributed by atoms with Gasteiger partial charge in [0.15, 0.2) is 0 Å². The van der Waals surface area contributed by atoms with Gasteiger partial charge in [-0.2, -0.15) is 5.10 Å². The van der Waals surface area contributed by atoms with Crippen LogP contribution in [0, 0.1) is 5.92 Å². The molecule has 3 heterocycles. The van der Waals surface area contributed by atoms with Crippen LogP contribution in [-0.4, -0.2) is 59.3 Å². The number of nitrogens with one attached hydrogen (secondary N) is 2. The maximum atomic E-state index is 12.6. The van der Waals surface area contributed by atoms with E-state index in [2.05, 4.69) is 15.5 Å². The molecule has 0 unspecified atom stereocenters. The molecule has 0 aliphatic carbocycles. The number of rotatable bonds is 5. The summed E-state index contributed by atoms with van der Waals surface area (Å²) in [6, 6.07) is 7.83. The predicted octanol–water partition coefficient (Wildman–Crippen LogP) is 1.64. The van der Waals surface area contributed by atoms with Crippen molar-refractivity contribution in [3.63, 3.8) is 0 Å². The van der Waals surface area contributed by atoms with Crippen LogP contribution < -0.4 is 5.32 Å². The molecule has 2 N–H and O–H groups in total. The maximum absolute atomic E-state index is 12.6. The van der Waals surface area contributed by atoms with Crippen molar-refractivity contribution in [2.75, 3.05) is 26.2 Å². The number of ether oxygens (including phenoxy) is 1. The Bertz CT molecular complexity index is 804. The molecule has 2 aliphatic heterocycles. The molecule has 144 valence electrons. The molecule has 2 aliphatic rings. The molecule has 2 saturated heterocycles. The van der Waals surface area contributed by atoms with Crippen LogP contribution in [0.4, 0.5) is 0 Å². The van der Waals surface area contributed by atoms with Gasteiger partial charge in [0.25, 0.3) is 0 Å². The van der Waals surface area contributed by atoms with Crippen LogP contribution in [0.1, 0.15) is 31.4 Å². The number of carbonyl (C=O) groups excluding carboxylic acids is 2. The molecule has 0 radical (unpaired) electrons. The SMILES string of the molecule is O=C(NCC1CCN(C(=O)Cc2[nH]nc3ccccc23)CC1)[C@H]1CCCO1. The third-order valence-electron chi connectivity index (χ3n) is 5.62. The summed E-state index contributed by atoms with van der Waals surface area (Å²) >= 11 is 0. The number of likely N-dealkylation sites (tertiary alicyclic amines) is 1. The summed E-state index contributed by atoms with van der Waals surface area (Å²) in [5, 5.41) is 11.3. The number of H-pyrrole nitrogens is 1. The largest absolute Gasteiger partial charge is 0.368 e. The van der Waals surface area contributed by atoms with Crippen molar-refractivity contribution in [2.24, 2.45) is 5.92 Å². The molecule has 2 amide bonds. The zero-order chi connectivity index (χ0) is 18.6. The van der Waals surface area contributed by atoms with Crippen molar-refractivity contribution in [2.45, 2.75) is 38.2 Å². The summed E-state index contributed by atoms with van der Waals surface area (Å²) < 4.78 is 5.41. The lowest BCUT2D eigenvalue weighted by Crippen LogP contribution is -2.43. The number of benzene rings is 1. The highest BCUT2D eigenvalue weighted by Crippen LogP contribution is 2.20. The summed E-state index contributed by atoms with van der Waals surface area (Å²) in [5.74, 6) is 0.566. The lowest BCUT2D eigenvalue weighted by molar-refractivity contribution is -0.133. The molecule has 27 heavy (non-hydrogen) atoms. The monoisotopic (exact) mass is 370 g/mol. The summed E-state index contributed by atoms with van der Waals surface area (Å²) in [5.41, 5.74) is 1.77. The average molecular weight is 370 g/mol. The second kappa shape index (κ2) is 8.08. The fraction of sp³-hybridized carbons (Fsp3) is 0.550. The number of para-hydroxylation sites is 1. The second-order valence-corrected chi connectivity index (χ2v) is 7.47.